The smallest absolute Gasteiger partial charge is 0.304 e. The topological polar surface area (TPSA) is 102 Å². The molecule has 2 aromatic carbocycles. The van der Waals surface area contributed by atoms with Crippen molar-refractivity contribution in [3.05, 3.63) is 47.0 Å². The molecule has 0 bridgehead atoms. The molecule has 37 heavy (non-hydrogen) atoms. The number of carboxylic acids is 1. The first-order valence-corrected chi connectivity index (χ1v) is 14.3. The third kappa shape index (κ3) is 5.99. The highest BCUT2D eigenvalue weighted by Crippen LogP contribution is 2.41. The first-order chi connectivity index (χ1) is 17.5. The minimum atomic E-state index is -3.92. The highest BCUT2D eigenvalue weighted by Gasteiger charge is 2.41. The molecular formula is C27H34ClNO7S. The monoisotopic (exact) mass is 551 g/mol. The Morgan fingerprint density at radius 2 is 1.70 bits per heavy atom. The van der Waals surface area contributed by atoms with E-state index < -0.39 is 21.4 Å². The maximum Gasteiger partial charge on any atom is 0.304 e. The molecule has 10 heteroatoms. The molecule has 0 amide bonds. The standard InChI is InChI=1S/C27H34ClNO7S/c1-4-26(2,3)19-5-7-20(8-6-19)36-18-27(17-25(30)31)9-11-29(12-10-27)37(32,33)24-16-23-22(15-21(24)28)34-13-14-35-23/h5-8,15-16H,4,9-14,17-18H2,1-3H3,(H,30,31). The molecule has 2 aromatic rings. The summed E-state index contributed by atoms with van der Waals surface area (Å²) in [6.45, 7) is 7.73. The summed E-state index contributed by atoms with van der Waals surface area (Å²) in [4.78, 5) is 11.7. The van der Waals surface area contributed by atoms with E-state index in [-0.39, 0.29) is 41.5 Å². The maximum atomic E-state index is 13.4. The summed E-state index contributed by atoms with van der Waals surface area (Å²) < 4.78 is 45.3. The number of halogens is 1. The number of aliphatic carboxylic acids is 1. The maximum absolute atomic E-state index is 13.4. The average molecular weight is 552 g/mol. The summed E-state index contributed by atoms with van der Waals surface area (Å²) in [5.74, 6) is 0.485. The van der Waals surface area contributed by atoms with Crippen LogP contribution in [0.1, 0.15) is 52.0 Å². The Bertz CT molecular complexity index is 1240. The van der Waals surface area contributed by atoms with Crippen molar-refractivity contribution >= 4 is 27.6 Å². The van der Waals surface area contributed by atoms with Gasteiger partial charge in [0.2, 0.25) is 10.0 Å². The van der Waals surface area contributed by atoms with Gasteiger partial charge in [0.05, 0.1) is 18.1 Å². The molecule has 0 radical (unpaired) electrons. The number of benzene rings is 2. The summed E-state index contributed by atoms with van der Waals surface area (Å²) in [5.41, 5.74) is 0.580. The molecule has 0 atom stereocenters. The molecule has 4 rings (SSSR count). The van der Waals surface area contributed by atoms with Gasteiger partial charge in [0, 0.05) is 30.6 Å². The Hall–Kier alpha value is -2.49. The van der Waals surface area contributed by atoms with E-state index in [0.29, 0.717) is 43.3 Å². The number of fused-ring (bicyclic) bond motifs is 1. The number of piperidine rings is 1. The zero-order chi connectivity index (χ0) is 26.8. The van der Waals surface area contributed by atoms with E-state index in [9.17, 15) is 18.3 Å². The minimum Gasteiger partial charge on any atom is -0.493 e. The van der Waals surface area contributed by atoms with Crippen LogP contribution in [0.25, 0.3) is 0 Å². The van der Waals surface area contributed by atoms with Crippen LogP contribution in [0.4, 0.5) is 0 Å². The lowest BCUT2D eigenvalue weighted by molar-refractivity contribution is -0.141. The first kappa shape index (κ1) is 27.5. The van der Waals surface area contributed by atoms with Crippen molar-refractivity contribution in [3.63, 3.8) is 0 Å². The largest absolute Gasteiger partial charge is 0.493 e. The zero-order valence-electron chi connectivity index (χ0n) is 21.5. The fraction of sp³-hybridized carbons (Fsp3) is 0.519. The molecule has 2 aliphatic heterocycles. The van der Waals surface area contributed by atoms with Crippen molar-refractivity contribution in [3.8, 4) is 17.2 Å². The van der Waals surface area contributed by atoms with Crippen LogP contribution in [0.3, 0.4) is 0 Å². The highest BCUT2D eigenvalue weighted by molar-refractivity contribution is 7.89. The van der Waals surface area contributed by atoms with Crippen molar-refractivity contribution in [1.29, 1.82) is 0 Å². The van der Waals surface area contributed by atoms with E-state index in [4.69, 9.17) is 25.8 Å². The molecule has 0 unspecified atom stereocenters. The molecule has 1 saturated heterocycles. The zero-order valence-corrected chi connectivity index (χ0v) is 23.0. The first-order valence-electron chi connectivity index (χ1n) is 12.5. The molecule has 0 saturated carbocycles. The SMILES string of the molecule is CCC(C)(C)c1ccc(OCC2(CC(=O)O)CCN(S(=O)(=O)c3cc4c(cc3Cl)OCCO4)CC2)cc1. The molecule has 0 aromatic heterocycles. The lowest BCUT2D eigenvalue weighted by Crippen LogP contribution is -2.46. The predicted octanol–water partition coefficient (Wildman–Crippen LogP) is 5.12. The third-order valence-corrected chi connectivity index (χ3v) is 9.95. The van der Waals surface area contributed by atoms with Gasteiger partial charge in [-0.1, -0.05) is 44.5 Å². The van der Waals surface area contributed by atoms with Crippen LogP contribution in [-0.4, -0.2) is 56.7 Å². The Balaban J connectivity index is 1.47. The summed E-state index contributed by atoms with van der Waals surface area (Å²) in [5, 5.41) is 9.66. The summed E-state index contributed by atoms with van der Waals surface area (Å²) in [6, 6.07) is 10.7. The molecule has 2 heterocycles. The van der Waals surface area contributed by atoms with Crippen molar-refractivity contribution in [2.45, 2.75) is 56.8 Å². The van der Waals surface area contributed by atoms with Crippen molar-refractivity contribution in [2.75, 3.05) is 32.9 Å². The van der Waals surface area contributed by atoms with Gasteiger partial charge in [-0.15, -0.1) is 0 Å². The van der Waals surface area contributed by atoms with Crippen LogP contribution in [0, 0.1) is 5.41 Å². The van der Waals surface area contributed by atoms with Gasteiger partial charge in [-0.2, -0.15) is 4.31 Å². The number of hydrogen-bond donors (Lipinski definition) is 1. The van der Waals surface area contributed by atoms with E-state index in [2.05, 4.69) is 20.8 Å². The Labute approximate surface area is 223 Å². The molecule has 1 fully saturated rings. The van der Waals surface area contributed by atoms with Crippen LogP contribution >= 0.6 is 11.6 Å². The second kappa shape index (κ2) is 10.7. The van der Waals surface area contributed by atoms with Gasteiger partial charge < -0.3 is 19.3 Å². The van der Waals surface area contributed by atoms with Gasteiger partial charge in [0.1, 0.15) is 23.9 Å². The van der Waals surface area contributed by atoms with E-state index in [1.807, 2.05) is 24.3 Å². The Kier molecular flexibility index (Phi) is 7.97. The molecule has 2 aliphatic rings. The van der Waals surface area contributed by atoms with Gasteiger partial charge in [-0.25, -0.2) is 8.42 Å². The minimum absolute atomic E-state index is 0.0458. The molecule has 0 spiro atoms. The van der Waals surface area contributed by atoms with Crippen LogP contribution in [0.2, 0.25) is 5.02 Å². The molecule has 8 nitrogen and oxygen atoms in total. The number of hydrogen-bond acceptors (Lipinski definition) is 6. The third-order valence-electron chi connectivity index (χ3n) is 7.59. The van der Waals surface area contributed by atoms with Crippen LogP contribution < -0.4 is 14.2 Å². The Morgan fingerprint density at radius 3 is 2.27 bits per heavy atom. The fourth-order valence-electron chi connectivity index (χ4n) is 4.72. The number of sulfonamides is 1. The number of nitrogens with zero attached hydrogens (tertiary/aromatic N) is 1. The van der Waals surface area contributed by atoms with Crippen LogP contribution in [-0.2, 0) is 20.2 Å². The Morgan fingerprint density at radius 1 is 1.11 bits per heavy atom. The molecule has 0 aliphatic carbocycles. The van der Waals surface area contributed by atoms with Gasteiger partial charge in [-0.3, -0.25) is 4.79 Å². The fourth-order valence-corrected chi connectivity index (χ4v) is 6.67. The number of ether oxygens (including phenoxy) is 3. The van der Waals surface area contributed by atoms with Gasteiger partial charge in [-0.05, 0) is 42.4 Å². The number of carbonyl (C=O) groups is 1. The van der Waals surface area contributed by atoms with Crippen molar-refractivity contribution in [1.82, 2.24) is 4.31 Å². The second-order valence-corrected chi connectivity index (χ2v) is 12.8. The van der Waals surface area contributed by atoms with E-state index >= 15 is 0 Å². The summed E-state index contributed by atoms with van der Waals surface area (Å²) in [7, 11) is -3.92. The summed E-state index contributed by atoms with van der Waals surface area (Å²) in [6.07, 6.45) is 1.60. The van der Waals surface area contributed by atoms with Crippen molar-refractivity contribution < 1.29 is 32.5 Å². The van der Waals surface area contributed by atoms with E-state index in [0.717, 1.165) is 6.42 Å². The summed E-state index contributed by atoms with van der Waals surface area (Å²) >= 11 is 6.32. The molecular weight excluding hydrogens is 518 g/mol. The molecule has 202 valence electrons. The van der Waals surface area contributed by atoms with E-state index in [1.54, 1.807) is 0 Å². The second-order valence-electron chi connectivity index (χ2n) is 10.5. The molecule has 1 N–H and O–H groups in total. The lowest BCUT2D eigenvalue weighted by Gasteiger charge is -2.40. The van der Waals surface area contributed by atoms with Crippen LogP contribution in [0.5, 0.6) is 17.2 Å². The van der Waals surface area contributed by atoms with Crippen LogP contribution in [0.15, 0.2) is 41.3 Å². The normalized spacial score (nSPS) is 17.8. The lowest BCUT2D eigenvalue weighted by atomic mass is 9.77. The van der Waals surface area contributed by atoms with Crippen molar-refractivity contribution in [2.24, 2.45) is 5.41 Å². The average Bonchev–Trinajstić information content (AvgIpc) is 2.87. The highest BCUT2D eigenvalue weighted by atomic mass is 35.5. The van der Waals surface area contributed by atoms with Gasteiger partial charge >= 0.3 is 5.97 Å². The van der Waals surface area contributed by atoms with Gasteiger partial charge in [0.25, 0.3) is 0 Å². The predicted molar refractivity (Wildman–Crippen MR) is 140 cm³/mol. The van der Waals surface area contributed by atoms with E-state index in [1.165, 1.54) is 22.0 Å². The number of carboxylic acid groups (broad SMARTS) is 1. The number of rotatable bonds is 9. The van der Waals surface area contributed by atoms with Gasteiger partial charge in [0.15, 0.2) is 11.5 Å². The quantitative estimate of drug-likeness (QED) is 0.461.